The van der Waals surface area contributed by atoms with E-state index in [0.717, 1.165) is 11.3 Å². The van der Waals surface area contributed by atoms with Crippen LogP contribution in [0.3, 0.4) is 0 Å². The molecule has 1 heterocycles. The summed E-state index contributed by atoms with van der Waals surface area (Å²) in [6.07, 6.45) is 0.441. The number of anilines is 1. The van der Waals surface area contributed by atoms with Crippen molar-refractivity contribution in [3.05, 3.63) is 65.7 Å². The molecule has 3 N–H and O–H groups in total. The van der Waals surface area contributed by atoms with Gasteiger partial charge in [-0.3, -0.25) is 14.8 Å². The molecule has 6 heteroatoms. The zero-order valence-electron chi connectivity index (χ0n) is 14.0. The third-order valence-electron chi connectivity index (χ3n) is 4.53. The van der Waals surface area contributed by atoms with Crippen molar-refractivity contribution in [2.75, 3.05) is 11.9 Å². The number of hydrogen-bond donors (Lipinski definition) is 3. The Labute approximate surface area is 146 Å². The first kappa shape index (κ1) is 17.0. The van der Waals surface area contributed by atoms with Crippen LogP contribution in [-0.4, -0.2) is 34.5 Å². The van der Waals surface area contributed by atoms with E-state index in [9.17, 15) is 9.59 Å². The summed E-state index contributed by atoms with van der Waals surface area (Å²) in [6, 6.07) is 16.8. The van der Waals surface area contributed by atoms with Gasteiger partial charge in [-0.05, 0) is 36.8 Å². The fourth-order valence-electron chi connectivity index (χ4n) is 3.13. The van der Waals surface area contributed by atoms with Crippen molar-refractivity contribution in [2.45, 2.75) is 25.4 Å². The molecule has 6 nitrogen and oxygen atoms in total. The van der Waals surface area contributed by atoms with Crippen molar-refractivity contribution in [3.8, 4) is 0 Å². The predicted octanol–water partition coefficient (Wildman–Crippen LogP) is 2.58. The highest BCUT2D eigenvalue weighted by Crippen LogP contribution is 2.27. The van der Waals surface area contributed by atoms with Crippen LogP contribution in [0.5, 0.6) is 0 Å². The number of nitrogens with zero attached hydrogens (tertiary/aromatic N) is 1. The lowest BCUT2D eigenvalue weighted by Gasteiger charge is -2.25. The van der Waals surface area contributed by atoms with E-state index in [4.69, 9.17) is 5.21 Å². The first-order chi connectivity index (χ1) is 12.1. The molecule has 0 saturated carbocycles. The quantitative estimate of drug-likeness (QED) is 0.578. The molecule has 0 aliphatic carbocycles. The monoisotopic (exact) mass is 339 g/mol. The summed E-state index contributed by atoms with van der Waals surface area (Å²) in [7, 11) is 0. The van der Waals surface area contributed by atoms with E-state index >= 15 is 0 Å². The predicted molar refractivity (Wildman–Crippen MR) is 94.3 cm³/mol. The summed E-state index contributed by atoms with van der Waals surface area (Å²) < 4.78 is 0. The zero-order valence-corrected chi connectivity index (χ0v) is 14.0. The molecule has 3 rings (SSSR count). The van der Waals surface area contributed by atoms with Crippen molar-refractivity contribution in [1.82, 2.24) is 10.4 Å². The molecule has 130 valence electrons. The topological polar surface area (TPSA) is 81.7 Å². The van der Waals surface area contributed by atoms with Crippen LogP contribution in [0.2, 0.25) is 0 Å². The molecule has 2 unspecified atom stereocenters. The summed E-state index contributed by atoms with van der Waals surface area (Å²) in [5.74, 6) is -0.421. The number of carbonyl (C=O) groups excluding carboxylic acids is 2. The highest BCUT2D eigenvalue weighted by atomic mass is 16.5. The van der Waals surface area contributed by atoms with E-state index in [1.54, 1.807) is 29.7 Å². The van der Waals surface area contributed by atoms with Gasteiger partial charge in [0.15, 0.2) is 0 Å². The molecule has 1 aliphatic rings. The van der Waals surface area contributed by atoms with E-state index in [0.29, 0.717) is 18.5 Å². The lowest BCUT2D eigenvalue weighted by atomic mass is 10.1. The first-order valence-corrected chi connectivity index (χ1v) is 8.24. The summed E-state index contributed by atoms with van der Waals surface area (Å²) in [5.41, 5.74) is 3.93. The summed E-state index contributed by atoms with van der Waals surface area (Å²) in [4.78, 5) is 25.6. The van der Waals surface area contributed by atoms with Gasteiger partial charge in [0.25, 0.3) is 5.91 Å². The number of hydroxylamine groups is 1. The van der Waals surface area contributed by atoms with Crippen LogP contribution in [0, 0.1) is 0 Å². The molecule has 0 aromatic heterocycles. The fraction of sp³-hybridized carbons (Fsp3) is 0.263. The Balaban J connectivity index is 1.64. The second-order valence-corrected chi connectivity index (χ2v) is 6.20. The molecule has 1 saturated heterocycles. The zero-order chi connectivity index (χ0) is 17.8. The van der Waals surface area contributed by atoms with Crippen molar-refractivity contribution in [1.29, 1.82) is 0 Å². The van der Waals surface area contributed by atoms with Crippen LogP contribution in [-0.2, 0) is 4.79 Å². The lowest BCUT2D eigenvalue weighted by molar-refractivity contribution is -0.129. The molecule has 2 amide bonds. The molecule has 0 bridgehead atoms. The van der Waals surface area contributed by atoms with E-state index < -0.39 is 5.91 Å². The minimum Gasteiger partial charge on any atom is -0.380 e. The van der Waals surface area contributed by atoms with Gasteiger partial charge in [-0.15, -0.1) is 0 Å². The number of benzene rings is 2. The molecule has 0 spiro atoms. The number of carbonyl (C=O) groups is 2. The van der Waals surface area contributed by atoms with Crippen LogP contribution >= 0.6 is 0 Å². The smallest absolute Gasteiger partial charge is 0.274 e. The van der Waals surface area contributed by atoms with Crippen molar-refractivity contribution >= 4 is 17.5 Å². The average Bonchev–Trinajstić information content (AvgIpc) is 3.02. The Hall–Kier alpha value is -2.86. The Kier molecular flexibility index (Phi) is 5.00. The van der Waals surface area contributed by atoms with Crippen LogP contribution < -0.4 is 10.8 Å². The van der Waals surface area contributed by atoms with Gasteiger partial charge in [0.1, 0.15) is 0 Å². The Morgan fingerprint density at radius 3 is 2.48 bits per heavy atom. The number of amides is 2. The van der Waals surface area contributed by atoms with Gasteiger partial charge in [-0.25, -0.2) is 5.48 Å². The van der Waals surface area contributed by atoms with Crippen LogP contribution in [0.25, 0.3) is 0 Å². The summed E-state index contributed by atoms with van der Waals surface area (Å²) in [6.45, 7) is 2.67. The molecule has 2 aromatic carbocycles. The van der Waals surface area contributed by atoms with Crippen LogP contribution in [0.4, 0.5) is 5.69 Å². The van der Waals surface area contributed by atoms with E-state index in [2.05, 4.69) is 5.32 Å². The number of rotatable bonds is 5. The van der Waals surface area contributed by atoms with Gasteiger partial charge in [-0.1, -0.05) is 30.3 Å². The molecular formula is C19H21N3O3. The summed E-state index contributed by atoms with van der Waals surface area (Å²) >= 11 is 0. The van der Waals surface area contributed by atoms with Gasteiger partial charge in [0.05, 0.1) is 12.1 Å². The minimum absolute atomic E-state index is 0.0242. The van der Waals surface area contributed by atoms with Crippen molar-refractivity contribution in [3.63, 3.8) is 0 Å². The summed E-state index contributed by atoms with van der Waals surface area (Å²) in [5, 5.41) is 12.0. The van der Waals surface area contributed by atoms with Crippen LogP contribution in [0.15, 0.2) is 54.6 Å². The molecule has 2 atom stereocenters. The van der Waals surface area contributed by atoms with Gasteiger partial charge < -0.3 is 10.2 Å². The SMILES string of the molecule is CC(c1ccccc1)N1CC(Nc2ccc(C(=O)NO)cc2)CC1=O. The van der Waals surface area contributed by atoms with Gasteiger partial charge in [-0.2, -0.15) is 0 Å². The van der Waals surface area contributed by atoms with E-state index in [1.165, 1.54) is 0 Å². The molecule has 2 aromatic rings. The standard InChI is InChI=1S/C19H21N3O3/c1-13(14-5-3-2-4-6-14)22-12-17(11-18(22)23)20-16-9-7-15(8-10-16)19(24)21-25/h2-10,13,17,20,25H,11-12H2,1H3,(H,21,24). The molecule has 0 radical (unpaired) electrons. The number of likely N-dealkylation sites (tertiary alicyclic amines) is 1. The maximum atomic E-state index is 12.4. The largest absolute Gasteiger partial charge is 0.380 e. The van der Waals surface area contributed by atoms with Gasteiger partial charge in [0, 0.05) is 24.2 Å². The van der Waals surface area contributed by atoms with Crippen molar-refractivity contribution < 1.29 is 14.8 Å². The molecule has 1 aliphatic heterocycles. The van der Waals surface area contributed by atoms with E-state index in [-0.39, 0.29) is 18.0 Å². The average molecular weight is 339 g/mol. The highest BCUT2D eigenvalue weighted by Gasteiger charge is 2.33. The van der Waals surface area contributed by atoms with Gasteiger partial charge in [0.2, 0.25) is 5.91 Å². The minimum atomic E-state index is -0.551. The first-order valence-electron chi connectivity index (χ1n) is 8.24. The van der Waals surface area contributed by atoms with E-state index in [1.807, 2.05) is 42.2 Å². The number of nitrogens with one attached hydrogen (secondary N) is 2. The third-order valence-corrected chi connectivity index (χ3v) is 4.53. The Bertz CT molecular complexity index is 746. The highest BCUT2D eigenvalue weighted by molar-refractivity contribution is 5.93. The second kappa shape index (κ2) is 7.36. The normalized spacial score (nSPS) is 18.1. The molecule has 1 fully saturated rings. The Morgan fingerprint density at radius 1 is 1.16 bits per heavy atom. The maximum absolute atomic E-state index is 12.4. The van der Waals surface area contributed by atoms with Crippen molar-refractivity contribution in [2.24, 2.45) is 0 Å². The lowest BCUT2D eigenvalue weighted by Crippen LogP contribution is -2.30. The maximum Gasteiger partial charge on any atom is 0.274 e. The fourth-order valence-corrected chi connectivity index (χ4v) is 3.13. The number of hydrogen-bond acceptors (Lipinski definition) is 4. The second-order valence-electron chi connectivity index (χ2n) is 6.20. The van der Waals surface area contributed by atoms with Gasteiger partial charge >= 0.3 is 0 Å². The van der Waals surface area contributed by atoms with Crippen LogP contribution in [0.1, 0.15) is 35.3 Å². The third kappa shape index (κ3) is 3.80. The Morgan fingerprint density at radius 2 is 1.84 bits per heavy atom. The molecule has 25 heavy (non-hydrogen) atoms. The molecular weight excluding hydrogens is 318 g/mol.